The number of nitrogens with two attached hydrogens (primary N) is 1. The van der Waals surface area contributed by atoms with Gasteiger partial charge in [-0.2, -0.15) is 8.78 Å². The van der Waals surface area contributed by atoms with Crippen LogP contribution in [0, 0.1) is 11.7 Å². The summed E-state index contributed by atoms with van der Waals surface area (Å²) in [7, 11) is 0. The van der Waals surface area contributed by atoms with Crippen LogP contribution in [0.15, 0.2) is 18.2 Å². The van der Waals surface area contributed by atoms with Gasteiger partial charge in [-0.15, -0.1) is 0 Å². The van der Waals surface area contributed by atoms with Crippen LogP contribution in [0.1, 0.15) is 20.3 Å². The van der Waals surface area contributed by atoms with Crippen molar-refractivity contribution in [1.29, 1.82) is 0 Å². The zero-order valence-electron chi connectivity index (χ0n) is 11.2. The fraction of sp³-hybridized carbons (Fsp3) is 0.462. The van der Waals surface area contributed by atoms with Gasteiger partial charge in [0.15, 0.2) is 11.6 Å². The molecule has 0 aromatic heterocycles. The largest absolute Gasteiger partial charge is 0.432 e. The Labute approximate surface area is 115 Å². The first-order valence-electron chi connectivity index (χ1n) is 6.10. The van der Waals surface area contributed by atoms with Crippen molar-refractivity contribution in [1.82, 2.24) is 0 Å². The molecule has 0 heterocycles. The van der Waals surface area contributed by atoms with Crippen LogP contribution in [-0.2, 0) is 4.79 Å². The minimum atomic E-state index is -3.11. The topological polar surface area (TPSA) is 64.4 Å². The minimum Gasteiger partial charge on any atom is -0.432 e. The van der Waals surface area contributed by atoms with Crippen LogP contribution in [-0.4, -0.2) is 18.6 Å². The van der Waals surface area contributed by atoms with E-state index in [9.17, 15) is 18.0 Å². The fourth-order valence-corrected chi connectivity index (χ4v) is 1.62. The molecular formula is C13H17F3N2O2. The number of ether oxygens (including phenoxy) is 1. The summed E-state index contributed by atoms with van der Waals surface area (Å²) in [5.74, 6) is -1.78. The highest BCUT2D eigenvalue weighted by Crippen LogP contribution is 2.23. The van der Waals surface area contributed by atoms with Crippen molar-refractivity contribution in [3.05, 3.63) is 24.0 Å². The molecule has 7 heteroatoms. The number of rotatable bonds is 6. The van der Waals surface area contributed by atoms with Crippen LogP contribution < -0.4 is 15.8 Å². The molecule has 0 aliphatic heterocycles. The van der Waals surface area contributed by atoms with Gasteiger partial charge in [0.1, 0.15) is 0 Å². The molecule has 0 radical (unpaired) electrons. The van der Waals surface area contributed by atoms with Gasteiger partial charge in [0.2, 0.25) is 5.91 Å². The molecule has 1 atom stereocenters. The van der Waals surface area contributed by atoms with Crippen LogP contribution in [0.25, 0.3) is 0 Å². The zero-order chi connectivity index (χ0) is 15.3. The third-order valence-electron chi connectivity index (χ3n) is 2.48. The highest BCUT2D eigenvalue weighted by atomic mass is 19.3. The number of carbonyl (C=O) groups is 1. The maximum Gasteiger partial charge on any atom is 0.387 e. The highest BCUT2D eigenvalue weighted by Gasteiger charge is 2.16. The lowest BCUT2D eigenvalue weighted by molar-refractivity contribution is -0.117. The Hall–Kier alpha value is -1.76. The second kappa shape index (κ2) is 7.14. The van der Waals surface area contributed by atoms with E-state index in [1.165, 1.54) is 6.07 Å². The van der Waals surface area contributed by atoms with Crippen molar-refractivity contribution in [2.75, 3.05) is 5.32 Å². The van der Waals surface area contributed by atoms with Crippen LogP contribution in [0.2, 0.25) is 0 Å². The summed E-state index contributed by atoms with van der Waals surface area (Å²) < 4.78 is 41.3. The van der Waals surface area contributed by atoms with Gasteiger partial charge in [0.05, 0.1) is 6.04 Å². The lowest BCUT2D eigenvalue weighted by Gasteiger charge is -2.14. The van der Waals surface area contributed by atoms with E-state index >= 15 is 0 Å². The van der Waals surface area contributed by atoms with Crippen molar-refractivity contribution in [2.24, 2.45) is 11.7 Å². The molecule has 0 fully saturated rings. The summed E-state index contributed by atoms with van der Waals surface area (Å²) in [5, 5.41) is 2.42. The number of carbonyl (C=O) groups excluding carboxylic acids is 1. The Bertz CT molecular complexity index is 467. The highest BCUT2D eigenvalue weighted by molar-refractivity contribution is 5.94. The lowest BCUT2D eigenvalue weighted by Crippen LogP contribution is -2.36. The number of halogens is 3. The molecule has 0 aliphatic carbocycles. The summed E-state index contributed by atoms with van der Waals surface area (Å²) in [4.78, 5) is 11.7. The quantitative estimate of drug-likeness (QED) is 0.846. The second-order valence-corrected chi connectivity index (χ2v) is 4.75. The Morgan fingerprint density at radius 2 is 2.05 bits per heavy atom. The molecule has 1 aromatic carbocycles. The molecule has 0 aliphatic rings. The third-order valence-corrected chi connectivity index (χ3v) is 2.48. The number of amides is 1. The van der Waals surface area contributed by atoms with E-state index in [1.807, 2.05) is 13.8 Å². The standard InChI is InChI=1S/C13H17F3N2O2/c1-7(2)5-10(17)12(19)18-8-3-4-11(9(14)6-8)20-13(15)16/h3-4,6-7,10,13H,5,17H2,1-2H3,(H,18,19). The molecule has 1 rings (SSSR count). The smallest absolute Gasteiger partial charge is 0.387 e. The van der Waals surface area contributed by atoms with Crippen molar-refractivity contribution in [3.63, 3.8) is 0 Å². The molecular weight excluding hydrogens is 273 g/mol. The average molecular weight is 290 g/mol. The molecule has 0 saturated heterocycles. The van der Waals surface area contributed by atoms with Crippen LogP contribution in [0.5, 0.6) is 5.75 Å². The van der Waals surface area contributed by atoms with Gasteiger partial charge in [0, 0.05) is 11.8 Å². The lowest BCUT2D eigenvalue weighted by atomic mass is 10.0. The molecule has 0 spiro atoms. The number of nitrogens with one attached hydrogen (secondary N) is 1. The van der Waals surface area contributed by atoms with Gasteiger partial charge >= 0.3 is 6.61 Å². The Balaban J connectivity index is 2.69. The maximum atomic E-state index is 13.4. The second-order valence-electron chi connectivity index (χ2n) is 4.75. The first-order valence-corrected chi connectivity index (χ1v) is 6.10. The first-order chi connectivity index (χ1) is 9.29. The van der Waals surface area contributed by atoms with Crippen LogP contribution in [0.4, 0.5) is 18.9 Å². The summed E-state index contributed by atoms with van der Waals surface area (Å²) in [6.45, 7) is 0.733. The van der Waals surface area contributed by atoms with Gasteiger partial charge in [-0.3, -0.25) is 4.79 Å². The number of alkyl halides is 2. The van der Waals surface area contributed by atoms with E-state index in [0.717, 1.165) is 12.1 Å². The molecule has 1 amide bonds. The molecule has 1 aromatic rings. The van der Waals surface area contributed by atoms with E-state index in [-0.39, 0.29) is 11.6 Å². The average Bonchev–Trinajstić information content (AvgIpc) is 2.31. The Kier molecular flexibility index (Phi) is 5.82. The van der Waals surface area contributed by atoms with E-state index in [1.54, 1.807) is 0 Å². The van der Waals surface area contributed by atoms with Crippen molar-refractivity contribution >= 4 is 11.6 Å². The molecule has 0 bridgehead atoms. The SMILES string of the molecule is CC(C)CC(N)C(=O)Nc1ccc(OC(F)F)c(F)c1. The predicted octanol–water partition coefficient (Wildman–Crippen LogP) is 2.74. The van der Waals surface area contributed by atoms with Gasteiger partial charge < -0.3 is 15.8 Å². The van der Waals surface area contributed by atoms with Crippen molar-refractivity contribution in [3.8, 4) is 5.75 Å². The molecule has 4 nitrogen and oxygen atoms in total. The van der Waals surface area contributed by atoms with Crippen molar-refractivity contribution in [2.45, 2.75) is 32.9 Å². The molecule has 3 N–H and O–H groups in total. The summed E-state index contributed by atoms with van der Waals surface area (Å²) in [6, 6.07) is 2.47. The van der Waals surface area contributed by atoms with Gasteiger partial charge in [-0.05, 0) is 24.5 Å². The van der Waals surface area contributed by atoms with Crippen molar-refractivity contribution < 1.29 is 22.7 Å². The van der Waals surface area contributed by atoms with E-state index in [4.69, 9.17) is 5.73 Å². The van der Waals surface area contributed by atoms with Gasteiger partial charge in [-0.25, -0.2) is 4.39 Å². The van der Waals surface area contributed by atoms with E-state index in [0.29, 0.717) is 6.42 Å². The summed E-state index contributed by atoms with van der Waals surface area (Å²) in [6.07, 6.45) is 0.487. The van der Waals surface area contributed by atoms with E-state index in [2.05, 4.69) is 10.1 Å². The molecule has 20 heavy (non-hydrogen) atoms. The maximum absolute atomic E-state index is 13.4. The number of hydrogen-bond acceptors (Lipinski definition) is 3. The minimum absolute atomic E-state index is 0.133. The Morgan fingerprint density at radius 3 is 2.55 bits per heavy atom. The van der Waals surface area contributed by atoms with Gasteiger partial charge in [0.25, 0.3) is 0 Å². The fourth-order valence-electron chi connectivity index (χ4n) is 1.62. The molecule has 0 saturated carbocycles. The zero-order valence-corrected chi connectivity index (χ0v) is 11.2. The predicted molar refractivity (Wildman–Crippen MR) is 69.1 cm³/mol. The van der Waals surface area contributed by atoms with E-state index < -0.39 is 30.1 Å². The molecule has 1 unspecified atom stereocenters. The van der Waals surface area contributed by atoms with Crippen LogP contribution >= 0.6 is 0 Å². The normalized spacial score (nSPS) is 12.6. The Morgan fingerprint density at radius 1 is 1.40 bits per heavy atom. The van der Waals surface area contributed by atoms with Gasteiger partial charge in [-0.1, -0.05) is 13.8 Å². The first kappa shape index (κ1) is 16.3. The molecule has 112 valence electrons. The number of anilines is 1. The van der Waals surface area contributed by atoms with Crippen LogP contribution in [0.3, 0.4) is 0 Å². The number of benzene rings is 1. The monoisotopic (exact) mass is 290 g/mol. The summed E-state index contributed by atoms with van der Waals surface area (Å²) in [5.41, 5.74) is 5.80. The third kappa shape index (κ3) is 5.08. The summed E-state index contributed by atoms with van der Waals surface area (Å²) >= 11 is 0. The number of hydrogen-bond donors (Lipinski definition) is 2.